The van der Waals surface area contributed by atoms with Gasteiger partial charge in [-0.15, -0.1) is 0 Å². The summed E-state index contributed by atoms with van der Waals surface area (Å²) in [6.07, 6.45) is 1.21. The van der Waals surface area contributed by atoms with Gasteiger partial charge in [-0.25, -0.2) is 9.78 Å². The number of rotatable bonds is 5. The average molecular weight is 383 g/mol. The second kappa shape index (κ2) is 7.30. The van der Waals surface area contributed by atoms with Gasteiger partial charge in [0.25, 0.3) is 0 Å². The van der Waals surface area contributed by atoms with Crippen molar-refractivity contribution in [3.8, 4) is 28.7 Å². The van der Waals surface area contributed by atoms with Gasteiger partial charge in [-0.3, -0.25) is 4.99 Å². The molecule has 3 rings (SSSR count). The van der Waals surface area contributed by atoms with Crippen LogP contribution >= 0.6 is 0 Å². The Morgan fingerprint density at radius 1 is 1.25 bits per heavy atom. The Balaban J connectivity index is 1.99. The molecule has 0 saturated carbocycles. The number of hydrogen-bond donors (Lipinski definition) is 2. The van der Waals surface area contributed by atoms with E-state index in [1.54, 1.807) is 27.7 Å². The third-order valence-electron chi connectivity index (χ3n) is 4.16. The van der Waals surface area contributed by atoms with Crippen molar-refractivity contribution in [1.29, 1.82) is 0 Å². The number of benzene rings is 1. The van der Waals surface area contributed by atoms with Crippen LogP contribution < -0.4 is 0 Å². The fraction of sp³-hybridized carbons (Fsp3) is 0.300. The van der Waals surface area contributed by atoms with Gasteiger partial charge < -0.3 is 19.2 Å². The molecular formula is C20H21N3O5. The topological polar surface area (TPSA) is 122 Å². The Morgan fingerprint density at radius 3 is 2.54 bits per heavy atom. The molecule has 1 unspecified atom stereocenters. The van der Waals surface area contributed by atoms with Gasteiger partial charge >= 0.3 is 11.9 Å². The van der Waals surface area contributed by atoms with Crippen molar-refractivity contribution in [3.63, 3.8) is 0 Å². The number of hydrogen-bond acceptors (Lipinski definition) is 7. The molecule has 0 aliphatic heterocycles. The molecule has 1 aromatic carbocycles. The fourth-order valence-electron chi connectivity index (χ4n) is 2.73. The Morgan fingerprint density at radius 2 is 1.93 bits per heavy atom. The van der Waals surface area contributed by atoms with Gasteiger partial charge in [0, 0.05) is 5.56 Å². The van der Waals surface area contributed by atoms with Crippen molar-refractivity contribution in [2.45, 2.75) is 33.7 Å². The Hall–Kier alpha value is -3.42. The van der Waals surface area contributed by atoms with Gasteiger partial charge in [-0.2, -0.15) is 0 Å². The molecule has 0 amide bonds. The first-order chi connectivity index (χ1) is 13.2. The number of carboxylic acid groups (broad SMARTS) is 1. The Kier molecular flexibility index (Phi) is 5.04. The van der Waals surface area contributed by atoms with Crippen molar-refractivity contribution in [3.05, 3.63) is 41.8 Å². The van der Waals surface area contributed by atoms with Crippen LogP contribution in [0.5, 0.6) is 5.95 Å². The normalized spacial score (nSPS) is 13.1. The zero-order chi connectivity index (χ0) is 20.5. The highest BCUT2D eigenvalue weighted by Gasteiger charge is 2.30. The van der Waals surface area contributed by atoms with Crippen LogP contribution in [0.4, 0.5) is 0 Å². The number of aliphatic carboxylic acids is 1. The molecule has 0 spiro atoms. The summed E-state index contributed by atoms with van der Waals surface area (Å²) in [4.78, 5) is 19.8. The number of aromatic hydroxyl groups is 1. The molecule has 28 heavy (non-hydrogen) atoms. The highest BCUT2D eigenvalue weighted by Crippen LogP contribution is 2.36. The second-order valence-corrected chi connectivity index (χ2v) is 7.42. The molecular weight excluding hydrogens is 362 g/mol. The number of aliphatic imine (C=N–C) groups is 1. The SMILES string of the molecule is Cc1onc(-c2ccccc2)c1-c1nc(C=NC(C(=O)O)C(C)(C)C)c(O)o1. The third kappa shape index (κ3) is 3.80. The maximum absolute atomic E-state index is 11.4. The zero-order valence-electron chi connectivity index (χ0n) is 16.0. The van der Waals surface area contributed by atoms with Crippen LogP contribution in [0.15, 0.2) is 44.3 Å². The van der Waals surface area contributed by atoms with Gasteiger partial charge in [0.1, 0.15) is 17.0 Å². The first-order valence-electron chi connectivity index (χ1n) is 8.66. The van der Waals surface area contributed by atoms with Crippen molar-refractivity contribution >= 4 is 12.2 Å². The lowest BCUT2D eigenvalue weighted by molar-refractivity contribution is -0.140. The first kappa shape index (κ1) is 19.3. The van der Waals surface area contributed by atoms with Crippen molar-refractivity contribution < 1.29 is 23.9 Å². The summed E-state index contributed by atoms with van der Waals surface area (Å²) >= 11 is 0. The lowest BCUT2D eigenvalue weighted by Gasteiger charge is -2.22. The molecule has 0 saturated heterocycles. The summed E-state index contributed by atoms with van der Waals surface area (Å²) in [6.45, 7) is 7.02. The van der Waals surface area contributed by atoms with Gasteiger partial charge in [0.05, 0.1) is 6.21 Å². The summed E-state index contributed by atoms with van der Waals surface area (Å²) in [5.41, 5.74) is 1.27. The minimum Gasteiger partial charge on any atom is -0.480 e. The molecule has 0 aliphatic rings. The number of oxazole rings is 1. The van der Waals surface area contributed by atoms with Gasteiger partial charge in [0.2, 0.25) is 5.89 Å². The predicted molar refractivity (Wildman–Crippen MR) is 102 cm³/mol. The molecule has 0 bridgehead atoms. The maximum atomic E-state index is 11.4. The van der Waals surface area contributed by atoms with Crippen LogP contribution in [0.1, 0.15) is 32.2 Å². The van der Waals surface area contributed by atoms with Crippen molar-refractivity contribution in [2.75, 3.05) is 0 Å². The highest BCUT2D eigenvalue weighted by molar-refractivity contribution is 5.85. The van der Waals surface area contributed by atoms with Crippen LogP contribution in [-0.4, -0.2) is 38.6 Å². The molecule has 3 aromatic rings. The lowest BCUT2D eigenvalue weighted by atomic mass is 9.87. The smallest absolute Gasteiger partial charge is 0.328 e. The standard InChI is InChI=1S/C20H21N3O5/c1-11-14(15(23-28-11)12-8-6-5-7-9-12)17-22-13(19(26)27-17)10-21-16(18(24)25)20(2,3)4/h5-10,16,26H,1-4H3,(H,24,25). The van der Waals surface area contributed by atoms with E-state index in [1.807, 2.05) is 30.3 Å². The minimum absolute atomic E-state index is 0.0325. The monoisotopic (exact) mass is 383 g/mol. The summed E-state index contributed by atoms with van der Waals surface area (Å²) < 4.78 is 10.7. The quantitative estimate of drug-likeness (QED) is 0.640. The van der Waals surface area contributed by atoms with Crippen LogP contribution in [0.25, 0.3) is 22.7 Å². The van der Waals surface area contributed by atoms with E-state index in [2.05, 4.69) is 15.1 Å². The van der Waals surface area contributed by atoms with E-state index in [1.165, 1.54) is 6.21 Å². The van der Waals surface area contributed by atoms with Crippen molar-refractivity contribution in [2.24, 2.45) is 10.4 Å². The fourth-order valence-corrected chi connectivity index (χ4v) is 2.73. The number of nitrogens with zero attached hydrogens (tertiary/aromatic N) is 3. The zero-order valence-corrected chi connectivity index (χ0v) is 16.0. The summed E-state index contributed by atoms with van der Waals surface area (Å²) in [6, 6.07) is 8.36. The molecule has 0 radical (unpaired) electrons. The Labute approximate surface area is 161 Å². The third-order valence-corrected chi connectivity index (χ3v) is 4.16. The molecule has 2 N–H and O–H groups in total. The van der Waals surface area contributed by atoms with Crippen LogP contribution in [0.2, 0.25) is 0 Å². The van der Waals surface area contributed by atoms with Gasteiger partial charge in [-0.1, -0.05) is 56.3 Å². The van der Waals surface area contributed by atoms with E-state index < -0.39 is 23.4 Å². The minimum atomic E-state index is -1.06. The summed E-state index contributed by atoms with van der Waals surface area (Å²) in [7, 11) is 0. The first-order valence-corrected chi connectivity index (χ1v) is 8.66. The lowest BCUT2D eigenvalue weighted by Crippen LogP contribution is -2.32. The number of carboxylic acids is 1. The largest absolute Gasteiger partial charge is 0.480 e. The molecule has 8 heteroatoms. The second-order valence-electron chi connectivity index (χ2n) is 7.42. The highest BCUT2D eigenvalue weighted by atomic mass is 16.5. The molecule has 146 valence electrons. The average Bonchev–Trinajstić information content (AvgIpc) is 3.17. The van der Waals surface area contributed by atoms with E-state index in [0.717, 1.165) is 5.56 Å². The molecule has 0 fully saturated rings. The van der Waals surface area contributed by atoms with Gasteiger partial charge in [0.15, 0.2) is 11.7 Å². The molecule has 2 aromatic heterocycles. The van der Waals surface area contributed by atoms with E-state index in [0.29, 0.717) is 17.0 Å². The number of carbonyl (C=O) groups is 1. The summed E-state index contributed by atoms with van der Waals surface area (Å²) in [5.74, 6) is -0.939. The summed E-state index contributed by atoms with van der Waals surface area (Å²) in [5, 5.41) is 23.6. The van der Waals surface area contributed by atoms with Crippen LogP contribution in [-0.2, 0) is 4.79 Å². The molecule has 2 heterocycles. The Bertz CT molecular complexity index is 1010. The molecule has 0 aliphatic carbocycles. The maximum Gasteiger partial charge on any atom is 0.328 e. The predicted octanol–water partition coefficient (Wildman–Crippen LogP) is 3.93. The van der Waals surface area contributed by atoms with E-state index in [4.69, 9.17) is 8.94 Å². The number of aromatic nitrogens is 2. The van der Waals surface area contributed by atoms with Crippen molar-refractivity contribution in [1.82, 2.24) is 10.1 Å². The van der Waals surface area contributed by atoms with E-state index in [9.17, 15) is 15.0 Å². The van der Waals surface area contributed by atoms with Crippen LogP contribution in [0, 0.1) is 12.3 Å². The van der Waals surface area contributed by atoms with Crippen LogP contribution in [0.3, 0.4) is 0 Å². The molecule has 1 atom stereocenters. The molecule has 8 nitrogen and oxygen atoms in total. The van der Waals surface area contributed by atoms with E-state index in [-0.39, 0.29) is 11.6 Å². The number of aryl methyl sites for hydroxylation is 1. The van der Waals surface area contributed by atoms with E-state index >= 15 is 0 Å². The van der Waals surface area contributed by atoms with Gasteiger partial charge in [-0.05, 0) is 12.3 Å².